The highest BCUT2D eigenvalue weighted by molar-refractivity contribution is 6.00. The molecule has 0 aromatic heterocycles. The molecule has 2 rings (SSSR count). The van der Waals surface area contributed by atoms with E-state index in [0.717, 1.165) is 0 Å². The van der Waals surface area contributed by atoms with Crippen LogP contribution in [0, 0.1) is 0 Å². The van der Waals surface area contributed by atoms with Gasteiger partial charge in [-0.15, -0.1) is 0 Å². The number of rotatable bonds is 6. The maximum absolute atomic E-state index is 12.0. The molecule has 0 heterocycles. The molecule has 6 nitrogen and oxygen atoms in total. The highest BCUT2D eigenvalue weighted by Gasteiger charge is 2.18. The molecule has 0 aliphatic carbocycles. The third kappa shape index (κ3) is 3.79. The van der Waals surface area contributed by atoms with E-state index >= 15 is 0 Å². The normalized spacial score (nSPS) is 10.0. The number of ether oxygens (including phenoxy) is 3. The van der Waals surface area contributed by atoms with Crippen LogP contribution in [0.1, 0.15) is 20.7 Å². The minimum absolute atomic E-state index is 0.0669. The number of carbonyl (C=O) groups excluding carboxylic acids is 2. The Bertz CT molecular complexity index is 723. The molecule has 1 N–H and O–H groups in total. The molecule has 6 heteroatoms. The Kier molecular flexibility index (Phi) is 5.19. The number of Topliss-reactive ketones (excluding diaryl/α,β-unsaturated/α-hetero) is 1. The summed E-state index contributed by atoms with van der Waals surface area (Å²) in [5, 5.41) is 9.88. The summed E-state index contributed by atoms with van der Waals surface area (Å²) in [4.78, 5) is 24.0. The molecular formula is C17H16O6. The second-order valence-electron chi connectivity index (χ2n) is 4.59. The van der Waals surface area contributed by atoms with Crippen molar-refractivity contribution in [2.24, 2.45) is 0 Å². The van der Waals surface area contributed by atoms with E-state index in [-0.39, 0.29) is 22.8 Å². The van der Waals surface area contributed by atoms with Crippen LogP contribution >= 0.6 is 0 Å². The molecule has 2 aromatic carbocycles. The van der Waals surface area contributed by atoms with Crippen LogP contribution in [0.4, 0.5) is 0 Å². The maximum atomic E-state index is 12.0. The van der Waals surface area contributed by atoms with Gasteiger partial charge in [0.2, 0.25) is 0 Å². The fraction of sp³-hybridized carbons (Fsp3) is 0.176. The van der Waals surface area contributed by atoms with Crippen molar-refractivity contribution in [2.75, 3.05) is 20.8 Å². The van der Waals surface area contributed by atoms with Crippen LogP contribution in [0.25, 0.3) is 0 Å². The van der Waals surface area contributed by atoms with Crippen LogP contribution in [0.3, 0.4) is 0 Å². The molecule has 0 aliphatic heterocycles. The predicted molar refractivity (Wildman–Crippen MR) is 82.3 cm³/mol. The maximum Gasteiger partial charge on any atom is 0.342 e. The van der Waals surface area contributed by atoms with Gasteiger partial charge < -0.3 is 19.3 Å². The lowest BCUT2D eigenvalue weighted by atomic mass is 10.1. The Balaban J connectivity index is 2.05. The number of ketones is 1. The average Bonchev–Trinajstić information content (AvgIpc) is 2.59. The molecule has 0 saturated carbocycles. The molecule has 0 bridgehead atoms. The summed E-state index contributed by atoms with van der Waals surface area (Å²) in [5.74, 6) is -0.822. The molecule has 23 heavy (non-hydrogen) atoms. The molecule has 0 spiro atoms. The number of para-hydroxylation sites is 1. The van der Waals surface area contributed by atoms with E-state index in [1.165, 1.54) is 26.4 Å². The van der Waals surface area contributed by atoms with Crippen LogP contribution in [-0.2, 0) is 4.74 Å². The molecule has 2 aromatic rings. The van der Waals surface area contributed by atoms with Gasteiger partial charge in [-0.3, -0.25) is 4.79 Å². The second-order valence-corrected chi connectivity index (χ2v) is 4.59. The minimum atomic E-state index is -0.808. The third-order valence-electron chi connectivity index (χ3n) is 3.16. The van der Waals surface area contributed by atoms with E-state index in [0.29, 0.717) is 11.3 Å². The molecule has 0 saturated heterocycles. The van der Waals surface area contributed by atoms with Crippen LogP contribution in [-0.4, -0.2) is 37.7 Å². The lowest BCUT2D eigenvalue weighted by Gasteiger charge is -2.09. The van der Waals surface area contributed by atoms with E-state index in [1.807, 2.05) is 0 Å². The summed E-state index contributed by atoms with van der Waals surface area (Å²) in [7, 11) is 2.87. The van der Waals surface area contributed by atoms with Crippen LogP contribution in [0.5, 0.6) is 17.2 Å². The van der Waals surface area contributed by atoms with Gasteiger partial charge in [0.1, 0.15) is 11.3 Å². The summed E-state index contributed by atoms with van der Waals surface area (Å²) in [6.45, 7) is -0.442. The second kappa shape index (κ2) is 7.31. The van der Waals surface area contributed by atoms with E-state index in [9.17, 15) is 14.7 Å². The molecule has 0 atom stereocenters. The van der Waals surface area contributed by atoms with Crippen molar-refractivity contribution in [1.82, 2.24) is 0 Å². The van der Waals surface area contributed by atoms with Crippen molar-refractivity contribution in [2.45, 2.75) is 0 Å². The number of aromatic hydroxyl groups is 1. The molecular weight excluding hydrogens is 300 g/mol. The van der Waals surface area contributed by atoms with Crippen LogP contribution < -0.4 is 9.47 Å². The first-order chi connectivity index (χ1) is 11.1. The SMILES string of the molecule is COc1cccc(C(=O)COC(=O)c2cccc(OC)c2O)c1. The molecule has 0 radical (unpaired) electrons. The van der Waals surface area contributed by atoms with Gasteiger partial charge in [-0.05, 0) is 24.3 Å². The fourth-order valence-corrected chi connectivity index (χ4v) is 1.94. The van der Waals surface area contributed by atoms with Gasteiger partial charge in [-0.2, -0.15) is 0 Å². The summed E-state index contributed by atoms with van der Waals surface area (Å²) < 4.78 is 14.9. The Morgan fingerprint density at radius 3 is 2.48 bits per heavy atom. The Hall–Kier alpha value is -3.02. The third-order valence-corrected chi connectivity index (χ3v) is 3.16. The van der Waals surface area contributed by atoms with Crippen molar-refractivity contribution < 1.29 is 28.9 Å². The Morgan fingerprint density at radius 2 is 1.78 bits per heavy atom. The van der Waals surface area contributed by atoms with E-state index < -0.39 is 12.6 Å². The first kappa shape index (κ1) is 16.4. The van der Waals surface area contributed by atoms with Gasteiger partial charge in [0, 0.05) is 5.56 Å². The van der Waals surface area contributed by atoms with E-state index in [2.05, 4.69) is 0 Å². The Labute approximate surface area is 133 Å². The first-order valence-corrected chi connectivity index (χ1v) is 6.77. The van der Waals surface area contributed by atoms with Gasteiger partial charge in [0.05, 0.1) is 14.2 Å². The minimum Gasteiger partial charge on any atom is -0.504 e. The summed E-state index contributed by atoms with van der Waals surface area (Å²) >= 11 is 0. The first-order valence-electron chi connectivity index (χ1n) is 6.77. The summed E-state index contributed by atoms with van der Waals surface area (Å²) in [5.41, 5.74) is 0.301. The Morgan fingerprint density at radius 1 is 1.04 bits per heavy atom. The zero-order valence-electron chi connectivity index (χ0n) is 12.7. The van der Waals surface area contributed by atoms with Gasteiger partial charge in [-0.25, -0.2) is 4.79 Å². The lowest BCUT2D eigenvalue weighted by Crippen LogP contribution is -2.14. The topological polar surface area (TPSA) is 82.1 Å². The van der Waals surface area contributed by atoms with Gasteiger partial charge in [0.25, 0.3) is 0 Å². The number of hydrogen-bond acceptors (Lipinski definition) is 6. The predicted octanol–water partition coefficient (Wildman–Crippen LogP) is 2.45. The number of benzene rings is 2. The number of phenolic OH excluding ortho intramolecular Hbond substituents is 1. The van der Waals surface area contributed by atoms with Crippen molar-refractivity contribution in [3.63, 3.8) is 0 Å². The van der Waals surface area contributed by atoms with Crippen molar-refractivity contribution >= 4 is 11.8 Å². The van der Waals surface area contributed by atoms with Gasteiger partial charge >= 0.3 is 5.97 Å². The summed E-state index contributed by atoms with van der Waals surface area (Å²) in [6, 6.07) is 11.0. The molecule has 0 aliphatic rings. The largest absolute Gasteiger partial charge is 0.504 e. The number of hydrogen-bond donors (Lipinski definition) is 1. The fourth-order valence-electron chi connectivity index (χ4n) is 1.94. The summed E-state index contributed by atoms with van der Waals surface area (Å²) in [6.07, 6.45) is 0. The van der Waals surface area contributed by atoms with E-state index in [1.54, 1.807) is 30.3 Å². The quantitative estimate of drug-likeness (QED) is 0.651. The monoisotopic (exact) mass is 316 g/mol. The standard InChI is InChI=1S/C17H16O6/c1-21-12-6-3-5-11(9-12)14(18)10-23-17(20)13-7-4-8-15(22-2)16(13)19/h3-9,19H,10H2,1-2H3. The van der Waals surface area contributed by atoms with Crippen molar-refractivity contribution in [3.05, 3.63) is 53.6 Å². The number of phenols is 1. The zero-order chi connectivity index (χ0) is 16.8. The molecule has 0 fully saturated rings. The van der Waals surface area contributed by atoms with Crippen molar-refractivity contribution in [1.29, 1.82) is 0 Å². The van der Waals surface area contributed by atoms with Gasteiger partial charge in [0.15, 0.2) is 23.9 Å². The van der Waals surface area contributed by atoms with Crippen molar-refractivity contribution in [3.8, 4) is 17.2 Å². The molecule has 0 unspecified atom stereocenters. The van der Waals surface area contributed by atoms with Crippen LogP contribution in [0.2, 0.25) is 0 Å². The highest BCUT2D eigenvalue weighted by atomic mass is 16.5. The average molecular weight is 316 g/mol. The number of esters is 1. The smallest absolute Gasteiger partial charge is 0.342 e. The van der Waals surface area contributed by atoms with Crippen LogP contribution in [0.15, 0.2) is 42.5 Å². The highest BCUT2D eigenvalue weighted by Crippen LogP contribution is 2.29. The van der Waals surface area contributed by atoms with E-state index in [4.69, 9.17) is 14.2 Å². The number of methoxy groups -OCH3 is 2. The van der Waals surface area contributed by atoms with Gasteiger partial charge in [-0.1, -0.05) is 18.2 Å². The lowest BCUT2D eigenvalue weighted by molar-refractivity contribution is 0.0471. The molecule has 0 amide bonds. The zero-order valence-corrected chi connectivity index (χ0v) is 12.7. The molecule has 120 valence electrons. The number of carbonyl (C=O) groups is 2.